The van der Waals surface area contributed by atoms with E-state index in [4.69, 9.17) is 5.21 Å². The monoisotopic (exact) mass is 182 g/mol. The van der Waals surface area contributed by atoms with Gasteiger partial charge in [-0.05, 0) is 12.1 Å². The Kier molecular flexibility index (Phi) is 3.36. The van der Waals surface area contributed by atoms with Gasteiger partial charge in [0.1, 0.15) is 0 Å². The Labute approximate surface area is 75.3 Å². The SMILES string of the molecule is COC(=O)c1ccc(CNO)nc1. The standard InChI is InChI=1S/C8H10N2O3/c1-13-8(11)6-2-3-7(5-10-12)9-4-6/h2-4,10,12H,5H2,1H3. The second-order valence-corrected chi connectivity index (χ2v) is 2.36. The summed E-state index contributed by atoms with van der Waals surface area (Å²) in [4.78, 5) is 14.9. The maximum Gasteiger partial charge on any atom is 0.339 e. The summed E-state index contributed by atoms with van der Waals surface area (Å²) in [7, 11) is 1.31. The van der Waals surface area contributed by atoms with Crippen LogP contribution in [-0.2, 0) is 11.3 Å². The van der Waals surface area contributed by atoms with Gasteiger partial charge in [-0.15, -0.1) is 0 Å². The minimum absolute atomic E-state index is 0.251. The van der Waals surface area contributed by atoms with Crippen molar-refractivity contribution in [1.29, 1.82) is 0 Å². The summed E-state index contributed by atoms with van der Waals surface area (Å²) in [6.07, 6.45) is 1.40. The quantitative estimate of drug-likeness (QED) is 0.521. The van der Waals surface area contributed by atoms with Crippen LogP contribution in [0.25, 0.3) is 0 Å². The van der Waals surface area contributed by atoms with E-state index in [2.05, 4.69) is 9.72 Å². The van der Waals surface area contributed by atoms with Crippen molar-refractivity contribution in [3.8, 4) is 0 Å². The lowest BCUT2D eigenvalue weighted by molar-refractivity contribution is 0.0600. The third-order valence-electron chi connectivity index (χ3n) is 1.51. The van der Waals surface area contributed by atoms with Gasteiger partial charge in [0, 0.05) is 6.20 Å². The zero-order chi connectivity index (χ0) is 9.68. The summed E-state index contributed by atoms with van der Waals surface area (Å²) >= 11 is 0. The Hall–Kier alpha value is -1.46. The molecule has 0 bridgehead atoms. The Morgan fingerprint density at radius 1 is 1.69 bits per heavy atom. The van der Waals surface area contributed by atoms with Crippen LogP contribution in [0.5, 0.6) is 0 Å². The average molecular weight is 182 g/mol. The van der Waals surface area contributed by atoms with Gasteiger partial charge in [-0.3, -0.25) is 4.98 Å². The number of esters is 1. The zero-order valence-corrected chi connectivity index (χ0v) is 7.15. The number of aromatic nitrogens is 1. The minimum Gasteiger partial charge on any atom is -0.465 e. The van der Waals surface area contributed by atoms with Crippen molar-refractivity contribution in [2.75, 3.05) is 7.11 Å². The fourth-order valence-electron chi connectivity index (χ4n) is 0.849. The summed E-state index contributed by atoms with van der Waals surface area (Å²) < 4.78 is 4.49. The summed E-state index contributed by atoms with van der Waals surface area (Å²) in [5.41, 5.74) is 3.01. The Morgan fingerprint density at radius 3 is 2.92 bits per heavy atom. The molecule has 0 spiro atoms. The van der Waals surface area contributed by atoms with Crippen LogP contribution in [0.3, 0.4) is 0 Å². The van der Waals surface area contributed by atoms with E-state index in [9.17, 15) is 4.79 Å². The van der Waals surface area contributed by atoms with Gasteiger partial charge in [0.05, 0.1) is 24.9 Å². The number of hydroxylamine groups is 1. The van der Waals surface area contributed by atoms with Gasteiger partial charge < -0.3 is 9.94 Å². The number of pyridine rings is 1. The molecule has 0 aliphatic rings. The van der Waals surface area contributed by atoms with Crippen molar-refractivity contribution in [3.05, 3.63) is 29.6 Å². The molecule has 1 aromatic heterocycles. The molecule has 0 atom stereocenters. The third kappa shape index (κ3) is 2.50. The highest BCUT2D eigenvalue weighted by Gasteiger charge is 2.04. The molecule has 13 heavy (non-hydrogen) atoms. The number of rotatable bonds is 3. The summed E-state index contributed by atoms with van der Waals surface area (Å²) in [6.45, 7) is 0.251. The largest absolute Gasteiger partial charge is 0.465 e. The number of nitrogens with one attached hydrogen (secondary N) is 1. The second kappa shape index (κ2) is 4.54. The molecular weight excluding hydrogens is 172 g/mol. The van der Waals surface area contributed by atoms with Crippen molar-refractivity contribution in [2.24, 2.45) is 0 Å². The predicted octanol–water partition coefficient (Wildman–Crippen LogP) is 0.347. The fraction of sp³-hybridized carbons (Fsp3) is 0.250. The Bertz CT molecular complexity index is 284. The summed E-state index contributed by atoms with van der Waals surface area (Å²) in [5.74, 6) is -0.420. The molecular formula is C8H10N2O3. The number of hydrogen-bond acceptors (Lipinski definition) is 5. The molecule has 5 heteroatoms. The Morgan fingerprint density at radius 2 is 2.46 bits per heavy atom. The number of nitrogens with zero attached hydrogens (tertiary/aromatic N) is 1. The molecule has 2 N–H and O–H groups in total. The highest BCUT2D eigenvalue weighted by atomic mass is 16.5. The van der Waals surface area contributed by atoms with Gasteiger partial charge in [0.25, 0.3) is 0 Å². The van der Waals surface area contributed by atoms with E-state index in [0.29, 0.717) is 11.3 Å². The first kappa shape index (κ1) is 9.63. The van der Waals surface area contributed by atoms with E-state index in [-0.39, 0.29) is 6.54 Å². The Balaban J connectivity index is 2.75. The number of ether oxygens (including phenoxy) is 1. The first-order chi connectivity index (χ1) is 6.27. The van der Waals surface area contributed by atoms with Crippen LogP contribution < -0.4 is 5.48 Å². The van der Waals surface area contributed by atoms with E-state index in [0.717, 1.165) is 0 Å². The number of hydrogen-bond donors (Lipinski definition) is 2. The van der Waals surface area contributed by atoms with Crippen molar-refractivity contribution >= 4 is 5.97 Å². The van der Waals surface area contributed by atoms with Crippen LogP contribution in [0.15, 0.2) is 18.3 Å². The highest BCUT2D eigenvalue weighted by Crippen LogP contribution is 2.01. The first-order valence-electron chi connectivity index (χ1n) is 3.68. The molecule has 1 rings (SSSR count). The van der Waals surface area contributed by atoms with Gasteiger partial charge in [-0.2, -0.15) is 5.48 Å². The molecule has 1 aromatic rings. The van der Waals surface area contributed by atoms with Gasteiger partial charge >= 0.3 is 5.97 Å². The van der Waals surface area contributed by atoms with E-state index < -0.39 is 5.97 Å². The molecule has 0 aliphatic heterocycles. The van der Waals surface area contributed by atoms with Gasteiger partial charge in [-0.25, -0.2) is 4.79 Å². The highest BCUT2D eigenvalue weighted by molar-refractivity contribution is 5.88. The molecule has 0 radical (unpaired) electrons. The first-order valence-corrected chi connectivity index (χ1v) is 3.68. The summed E-state index contributed by atoms with van der Waals surface area (Å²) in [5, 5.41) is 8.36. The third-order valence-corrected chi connectivity index (χ3v) is 1.51. The van der Waals surface area contributed by atoms with Crippen LogP contribution in [-0.4, -0.2) is 23.3 Å². The average Bonchev–Trinajstić information content (AvgIpc) is 2.18. The molecule has 1 heterocycles. The van der Waals surface area contributed by atoms with Crippen molar-refractivity contribution in [2.45, 2.75) is 6.54 Å². The zero-order valence-electron chi connectivity index (χ0n) is 7.15. The smallest absolute Gasteiger partial charge is 0.339 e. The van der Waals surface area contributed by atoms with E-state index in [1.165, 1.54) is 13.3 Å². The summed E-state index contributed by atoms with van der Waals surface area (Å²) in [6, 6.07) is 3.22. The minimum atomic E-state index is -0.420. The number of carbonyl (C=O) groups is 1. The molecule has 0 saturated heterocycles. The number of methoxy groups -OCH3 is 1. The normalized spacial score (nSPS) is 9.69. The van der Waals surface area contributed by atoms with Crippen LogP contribution in [0, 0.1) is 0 Å². The maximum absolute atomic E-state index is 11.0. The van der Waals surface area contributed by atoms with E-state index in [1.54, 1.807) is 12.1 Å². The molecule has 5 nitrogen and oxygen atoms in total. The number of carbonyl (C=O) groups excluding carboxylic acids is 1. The molecule has 0 fully saturated rings. The fourth-order valence-corrected chi connectivity index (χ4v) is 0.849. The molecule has 0 aliphatic carbocycles. The van der Waals surface area contributed by atoms with E-state index in [1.807, 2.05) is 5.48 Å². The van der Waals surface area contributed by atoms with Crippen molar-refractivity contribution < 1.29 is 14.7 Å². The lowest BCUT2D eigenvalue weighted by Gasteiger charge is -2.00. The van der Waals surface area contributed by atoms with Gasteiger partial charge in [0.15, 0.2) is 0 Å². The lowest BCUT2D eigenvalue weighted by Crippen LogP contribution is -2.09. The van der Waals surface area contributed by atoms with Crippen LogP contribution in [0.2, 0.25) is 0 Å². The van der Waals surface area contributed by atoms with Crippen molar-refractivity contribution in [1.82, 2.24) is 10.5 Å². The van der Waals surface area contributed by atoms with Crippen LogP contribution >= 0.6 is 0 Å². The molecule has 0 saturated carbocycles. The van der Waals surface area contributed by atoms with Crippen molar-refractivity contribution in [3.63, 3.8) is 0 Å². The molecule has 0 unspecified atom stereocenters. The van der Waals surface area contributed by atoms with Gasteiger partial charge in [-0.1, -0.05) is 0 Å². The maximum atomic E-state index is 11.0. The molecule has 70 valence electrons. The lowest BCUT2D eigenvalue weighted by atomic mass is 10.2. The second-order valence-electron chi connectivity index (χ2n) is 2.36. The molecule has 0 aromatic carbocycles. The molecule has 0 amide bonds. The van der Waals surface area contributed by atoms with E-state index >= 15 is 0 Å². The van der Waals surface area contributed by atoms with Gasteiger partial charge in [0.2, 0.25) is 0 Å². The van der Waals surface area contributed by atoms with Crippen LogP contribution in [0.1, 0.15) is 16.1 Å². The van der Waals surface area contributed by atoms with Crippen LogP contribution in [0.4, 0.5) is 0 Å². The topological polar surface area (TPSA) is 71.5 Å². The predicted molar refractivity (Wildman–Crippen MR) is 44.2 cm³/mol.